The lowest BCUT2D eigenvalue weighted by molar-refractivity contribution is 0.0600. The number of esters is 1. The van der Waals surface area contributed by atoms with Crippen LogP contribution in [0.3, 0.4) is 0 Å². The molecule has 42 heavy (non-hydrogen) atoms. The molecule has 0 fully saturated rings. The maximum absolute atomic E-state index is 13.6. The van der Waals surface area contributed by atoms with Crippen LogP contribution >= 0.6 is 22.9 Å². The van der Waals surface area contributed by atoms with Gasteiger partial charge in [0.25, 0.3) is 11.8 Å². The maximum atomic E-state index is 13.6. The zero-order valence-corrected chi connectivity index (χ0v) is 25.1. The zero-order valence-electron chi connectivity index (χ0n) is 23.5. The molecule has 4 aromatic rings. The van der Waals surface area contributed by atoms with Crippen LogP contribution in [0.5, 0.6) is 0 Å². The Bertz CT molecular complexity index is 1580. The number of nitrogens with one attached hydrogen (secondary N) is 2. The summed E-state index contributed by atoms with van der Waals surface area (Å²) in [6.45, 7) is 0. The van der Waals surface area contributed by atoms with Gasteiger partial charge >= 0.3 is 5.97 Å². The highest BCUT2D eigenvalue weighted by molar-refractivity contribution is 7.17. The number of fused-ring (bicyclic) bond motifs is 1. The molecule has 1 aliphatic carbocycles. The van der Waals surface area contributed by atoms with Crippen molar-refractivity contribution in [2.45, 2.75) is 50.8 Å². The van der Waals surface area contributed by atoms with E-state index in [1.165, 1.54) is 34.5 Å². The van der Waals surface area contributed by atoms with Crippen molar-refractivity contribution in [1.82, 2.24) is 0 Å². The quantitative estimate of drug-likeness (QED) is 0.143. The van der Waals surface area contributed by atoms with Gasteiger partial charge in [-0.2, -0.15) is 0 Å². The molecule has 1 aromatic heterocycles. The predicted octanol–water partition coefficient (Wildman–Crippen LogP) is 7.83. The Kier molecular flexibility index (Phi) is 9.72. The van der Waals surface area contributed by atoms with Gasteiger partial charge in [0, 0.05) is 22.0 Å². The number of hydrogen-bond acceptors (Lipinski definition) is 5. The number of carbonyl (C=O) groups is 3. The Hall–Kier alpha value is -3.94. The highest BCUT2D eigenvalue weighted by Crippen LogP contribution is 2.39. The summed E-state index contributed by atoms with van der Waals surface area (Å²) in [6.07, 6.45) is 6.61. The third-order valence-electron chi connectivity index (χ3n) is 7.49. The molecule has 0 saturated heterocycles. The Labute approximate surface area is 255 Å². The van der Waals surface area contributed by atoms with Crippen molar-refractivity contribution in [2.24, 2.45) is 0 Å². The first-order chi connectivity index (χ1) is 20.4. The van der Waals surface area contributed by atoms with Gasteiger partial charge in [-0.25, -0.2) is 4.79 Å². The number of aryl methyl sites for hydroxylation is 3. The van der Waals surface area contributed by atoms with Crippen LogP contribution < -0.4 is 10.6 Å². The second kappa shape index (κ2) is 13.8. The largest absolute Gasteiger partial charge is 0.465 e. The summed E-state index contributed by atoms with van der Waals surface area (Å²) in [4.78, 5) is 39.5. The standard InChI is InChI=1S/C34H33ClN2O4S/c1-41-34(40)25-16-12-22(13-17-25)6-4-7-23-14-18-27(19-15-23)36-32(39)30-28-10-2-3-11-29(28)42-33(30)37-31(38)26-9-5-8-24(20-26)21-35/h5,8-9,12-20H,2-4,6-7,10-11,21H2,1H3,(H,36,39)(H,37,38). The van der Waals surface area contributed by atoms with Crippen LogP contribution in [0.4, 0.5) is 10.7 Å². The van der Waals surface area contributed by atoms with E-state index in [1.54, 1.807) is 24.3 Å². The smallest absolute Gasteiger partial charge is 0.337 e. The van der Waals surface area contributed by atoms with E-state index in [9.17, 15) is 14.4 Å². The fourth-order valence-electron chi connectivity index (χ4n) is 5.24. The Morgan fingerprint density at radius 2 is 1.50 bits per heavy atom. The topological polar surface area (TPSA) is 84.5 Å². The third-order valence-corrected chi connectivity index (χ3v) is 9.00. The first kappa shape index (κ1) is 29.5. The minimum Gasteiger partial charge on any atom is -0.465 e. The summed E-state index contributed by atoms with van der Waals surface area (Å²) in [6, 6.07) is 22.6. The summed E-state index contributed by atoms with van der Waals surface area (Å²) in [7, 11) is 1.38. The van der Waals surface area contributed by atoms with Gasteiger partial charge in [-0.05, 0) is 104 Å². The van der Waals surface area contributed by atoms with E-state index >= 15 is 0 Å². The molecule has 0 radical (unpaired) electrons. The molecule has 1 aliphatic rings. The van der Waals surface area contributed by atoms with Gasteiger partial charge in [-0.15, -0.1) is 22.9 Å². The number of anilines is 2. The van der Waals surface area contributed by atoms with Crippen molar-refractivity contribution < 1.29 is 19.1 Å². The van der Waals surface area contributed by atoms with E-state index in [0.717, 1.165) is 56.1 Å². The lowest BCUT2D eigenvalue weighted by Gasteiger charge is -2.14. The monoisotopic (exact) mass is 600 g/mol. The van der Waals surface area contributed by atoms with Crippen molar-refractivity contribution >= 4 is 51.4 Å². The van der Waals surface area contributed by atoms with E-state index < -0.39 is 0 Å². The summed E-state index contributed by atoms with van der Waals surface area (Å²) in [5.41, 5.74) is 6.60. The highest BCUT2D eigenvalue weighted by Gasteiger charge is 2.27. The second-order valence-electron chi connectivity index (χ2n) is 10.4. The molecule has 216 valence electrons. The van der Waals surface area contributed by atoms with Crippen molar-refractivity contribution in [2.75, 3.05) is 17.7 Å². The summed E-state index contributed by atoms with van der Waals surface area (Å²) < 4.78 is 4.75. The molecule has 8 heteroatoms. The van der Waals surface area contributed by atoms with Crippen molar-refractivity contribution in [1.29, 1.82) is 0 Å². The van der Waals surface area contributed by atoms with Gasteiger partial charge in [0.15, 0.2) is 0 Å². The van der Waals surface area contributed by atoms with Crippen LogP contribution in [0.2, 0.25) is 0 Å². The van der Waals surface area contributed by atoms with Gasteiger partial charge in [0.05, 0.1) is 18.2 Å². The van der Waals surface area contributed by atoms with Crippen LogP contribution in [-0.4, -0.2) is 24.9 Å². The molecular formula is C34H33ClN2O4S. The molecule has 0 bridgehead atoms. The molecule has 2 amide bonds. The molecule has 0 unspecified atom stereocenters. The van der Waals surface area contributed by atoms with Crippen LogP contribution in [-0.2, 0) is 36.3 Å². The Morgan fingerprint density at radius 3 is 2.19 bits per heavy atom. The number of hydrogen-bond donors (Lipinski definition) is 2. The fraction of sp³-hybridized carbons (Fsp3) is 0.265. The number of amides is 2. The van der Waals surface area contributed by atoms with E-state index in [0.29, 0.717) is 33.3 Å². The summed E-state index contributed by atoms with van der Waals surface area (Å²) in [5, 5.41) is 6.66. The van der Waals surface area contributed by atoms with Crippen LogP contribution in [0, 0.1) is 0 Å². The number of benzene rings is 3. The number of carbonyl (C=O) groups excluding carboxylic acids is 3. The molecular weight excluding hydrogens is 568 g/mol. The van der Waals surface area contributed by atoms with Crippen LogP contribution in [0.1, 0.15) is 77.5 Å². The number of ether oxygens (including phenoxy) is 1. The van der Waals surface area contributed by atoms with Gasteiger partial charge in [0.1, 0.15) is 5.00 Å². The van der Waals surface area contributed by atoms with E-state index in [4.69, 9.17) is 16.3 Å². The molecule has 6 nitrogen and oxygen atoms in total. The number of rotatable bonds is 10. The Balaban J connectivity index is 1.23. The number of halogens is 1. The molecule has 2 N–H and O–H groups in total. The average molecular weight is 601 g/mol. The third kappa shape index (κ3) is 7.09. The minimum absolute atomic E-state index is 0.206. The predicted molar refractivity (Wildman–Crippen MR) is 169 cm³/mol. The van der Waals surface area contributed by atoms with Gasteiger partial charge < -0.3 is 15.4 Å². The molecule has 0 spiro atoms. The lowest BCUT2D eigenvalue weighted by Crippen LogP contribution is -2.18. The summed E-state index contributed by atoms with van der Waals surface area (Å²) in [5.74, 6) is -0.463. The van der Waals surface area contributed by atoms with Crippen molar-refractivity contribution in [3.05, 3.63) is 117 Å². The maximum Gasteiger partial charge on any atom is 0.337 e. The molecule has 5 rings (SSSR count). The minimum atomic E-state index is -0.332. The zero-order chi connectivity index (χ0) is 29.5. The van der Waals surface area contributed by atoms with Crippen LogP contribution in [0.25, 0.3) is 0 Å². The number of thiophene rings is 1. The first-order valence-electron chi connectivity index (χ1n) is 14.1. The van der Waals surface area contributed by atoms with Gasteiger partial charge in [-0.1, -0.05) is 36.4 Å². The number of methoxy groups -OCH3 is 1. The average Bonchev–Trinajstić information content (AvgIpc) is 3.39. The second-order valence-corrected chi connectivity index (χ2v) is 11.8. The van der Waals surface area contributed by atoms with Crippen molar-refractivity contribution in [3.8, 4) is 0 Å². The molecule has 0 atom stereocenters. The fourth-order valence-corrected chi connectivity index (χ4v) is 6.68. The highest BCUT2D eigenvalue weighted by atomic mass is 35.5. The molecule has 3 aromatic carbocycles. The number of alkyl halides is 1. The molecule has 0 aliphatic heterocycles. The SMILES string of the molecule is COC(=O)c1ccc(CCCc2ccc(NC(=O)c3c(NC(=O)c4cccc(CCl)c4)sc4c3CCCC4)cc2)cc1. The molecule has 1 heterocycles. The van der Waals surface area contributed by atoms with E-state index in [-0.39, 0.29) is 17.8 Å². The van der Waals surface area contributed by atoms with Crippen molar-refractivity contribution in [3.63, 3.8) is 0 Å². The van der Waals surface area contributed by atoms with Gasteiger partial charge in [-0.3, -0.25) is 9.59 Å². The molecule has 0 saturated carbocycles. The van der Waals surface area contributed by atoms with E-state index in [2.05, 4.69) is 10.6 Å². The first-order valence-corrected chi connectivity index (χ1v) is 15.5. The van der Waals surface area contributed by atoms with E-state index in [1.807, 2.05) is 48.5 Å². The lowest BCUT2D eigenvalue weighted by atomic mass is 9.95. The van der Waals surface area contributed by atoms with Gasteiger partial charge in [0.2, 0.25) is 0 Å². The Morgan fingerprint density at radius 1 is 0.810 bits per heavy atom. The van der Waals surface area contributed by atoms with Crippen LogP contribution in [0.15, 0.2) is 72.8 Å². The summed E-state index contributed by atoms with van der Waals surface area (Å²) >= 11 is 7.46. The normalized spacial score (nSPS) is 12.3.